The zero-order valence-corrected chi connectivity index (χ0v) is 7.21. The molecule has 2 bridgehead atoms. The van der Waals surface area contributed by atoms with Crippen LogP contribution in [0, 0.1) is 11.3 Å². The lowest BCUT2D eigenvalue weighted by atomic mass is 9.76. The van der Waals surface area contributed by atoms with E-state index in [0.717, 1.165) is 12.8 Å². The summed E-state index contributed by atoms with van der Waals surface area (Å²) in [6, 6.07) is 3.25. The lowest BCUT2D eigenvalue weighted by Crippen LogP contribution is -2.58. The Balaban J connectivity index is 2.11. The van der Waals surface area contributed by atoms with Crippen LogP contribution in [0.1, 0.15) is 32.1 Å². The van der Waals surface area contributed by atoms with Crippen LogP contribution in [0.4, 0.5) is 0 Å². The first-order valence-corrected chi connectivity index (χ1v) is 4.68. The molecule has 12 heavy (non-hydrogen) atoms. The molecule has 0 radical (unpaired) electrons. The summed E-state index contributed by atoms with van der Waals surface area (Å²) >= 11 is 0. The number of nitrogens with two attached hydrogens (primary N) is 1. The topological polar surface area (TPSA) is 61.8 Å². The molecule has 2 atom stereocenters. The lowest BCUT2D eigenvalue weighted by molar-refractivity contribution is 0.191. The first-order valence-electron chi connectivity index (χ1n) is 4.68. The maximum Gasteiger partial charge on any atom is 0.107 e. The van der Waals surface area contributed by atoms with Gasteiger partial charge in [-0.1, -0.05) is 6.42 Å². The van der Waals surface area contributed by atoms with Gasteiger partial charge in [-0.25, -0.2) is 0 Å². The quantitative estimate of drug-likeness (QED) is 0.550. The summed E-state index contributed by atoms with van der Waals surface area (Å²) in [6.07, 6.45) is 5.35. The SMILES string of the molecule is N#CC1(N)CC2CCCC(C1)N2. The van der Waals surface area contributed by atoms with Crippen LogP contribution in [-0.2, 0) is 0 Å². The van der Waals surface area contributed by atoms with Crippen LogP contribution in [-0.4, -0.2) is 17.6 Å². The monoisotopic (exact) mass is 165 g/mol. The first-order chi connectivity index (χ1) is 5.72. The van der Waals surface area contributed by atoms with Crippen LogP contribution in [0.25, 0.3) is 0 Å². The third kappa shape index (κ3) is 1.33. The predicted molar refractivity (Wildman–Crippen MR) is 46.3 cm³/mol. The smallest absolute Gasteiger partial charge is 0.107 e. The molecule has 0 spiro atoms. The number of hydrogen-bond acceptors (Lipinski definition) is 3. The van der Waals surface area contributed by atoms with Crippen molar-refractivity contribution in [3.63, 3.8) is 0 Å². The van der Waals surface area contributed by atoms with Crippen molar-refractivity contribution in [3.8, 4) is 6.07 Å². The van der Waals surface area contributed by atoms with E-state index in [2.05, 4.69) is 11.4 Å². The second kappa shape index (κ2) is 2.72. The highest BCUT2D eigenvalue weighted by atomic mass is 15.0. The molecule has 2 fully saturated rings. The summed E-state index contributed by atoms with van der Waals surface area (Å²) in [5.41, 5.74) is 5.41. The van der Waals surface area contributed by atoms with Gasteiger partial charge < -0.3 is 11.1 Å². The van der Waals surface area contributed by atoms with E-state index in [4.69, 9.17) is 11.0 Å². The third-order valence-electron chi connectivity index (χ3n) is 3.02. The molecule has 0 aromatic rings. The molecule has 0 aromatic heterocycles. The van der Waals surface area contributed by atoms with E-state index in [1.165, 1.54) is 19.3 Å². The van der Waals surface area contributed by atoms with Gasteiger partial charge in [-0.2, -0.15) is 5.26 Å². The summed E-state index contributed by atoms with van der Waals surface area (Å²) in [5, 5.41) is 12.4. The molecule has 0 aromatic carbocycles. The molecule has 0 amide bonds. The molecular formula is C9H15N3. The number of nitrogens with zero attached hydrogens (tertiary/aromatic N) is 1. The van der Waals surface area contributed by atoms with Crippen LogP contribution >= 0.6 is 0 Å². The highest BCUT2D eigenvalue weighted by Crippen LogP contribution is 2.30. The molecule has 2 aliphatic rings. The molecule has 2 heterocycles. The third-order valence-corrected chi connectivity index (χ3v) is 3.02. The fraction of sp³-hybridized carbons (Fsp3) is 0.889. The average molecular weight is 165 g/mol. The summed E-state index contributed by atoms with van der Waals surface area (Å²) in [6.45, 7) is 0. The highest BCUT2D eigenvalue weighted by Gasteiger charge is 2.39. The van der Waals surface area contributed by atoms with Crippen molar-refractivity contribution in [1.29, 1.82) is 5.26 Å². The van der Waals surface area contributed by atoms with E-state index in [0.29, 0.717) is 12.1 Å². The van der Waals surface area contributed by atoms with Crippen molar-refractivity contribution in [2.75, 3.05) is 0 Å². The van der Waals surface area contributed by atoms with Crippen molar-refractivity contribution in [1.82, 2.24) is 5.32 Å². The number of nitriles is 1. The minimum Gasteiger partial charge on any atom is -0.313 e. The van der Waals surface area contributed by atoms with Crippen molar-refractivity contribution in [3.05, 3.63) is 0 Å². The van der Waals surface area contributed by atoms with Crippen molar-refractivity contribution in [2.24, 2.45) is 5.73 Å². The Morgan fingerprint density at radius 2 is 1.92 bits per heavy atom. The molecule has 0 saturated carbocycles. The Hall–Kier alpha value is -0.590. The van der Waals surface area contributed by atoms with Crippen LogP contribution < -0.4 is 11.1 Å². The van der Waals surface area contributed by atoms with E-state index in [-0.39, 0.29) is 0 Å². The van der Waals surface area contributed by atoms with Gasteiger partial charge in [-0.05, 0) is 25.7 Å². The molecule has 2 unspecified atom stereocenters. The molecular weight excluding hydrogens is 150 g/mol. The van der Waals surface area contributed by atoms with Crippen molar-refractivity contribution >= 4 is 0 Å². The van der Waals surface area contributed by atoms with Crippen molar-refractivity contribution in [2.45, 2.75) is 49.7 Å². The Bertz CT molecular complexity index is 206. The maximum absolute atomic E-state index is 8.90. The summed E-state index contributed by atoms with van der Waals surface area (Å²) in [5.74, 6) is 0. The van der Waals surface area contributed by atoms with Gasteiger partial charge in [0.25, 0.3) is 0 Å². The van der Waals surface area contributed by atoms with Crippen LogP contribution in [0.15, 0.2) is 0 Å². The minimum atomic E-state index is -0.541. The Kier molecular flexibility index (Phi) is 1.82. The van der Waals surface area contributed by atoms with Gasteiger partial charge in [0.1, 0.15) is 5.54 Å². The predicted octanol–water partition coefficient (Wildman–Crippen LogP) is 0.512. The van der Waals surface area contributed by atoms with E-state index < -0.39 is 5.54 Å². The van der Waals surface area contributed by atoms with Crippen molar-refractivity contribution < 1.29 is 0 Å². The molecule has 2 saturated heterocycles. The van der Waals surface area contributed by atoms with E-state index in [1.54, 1.807) is 0 Å². The van der Waals surface area contributed by atoms with Crippen LogP contribution in [0.3, 0.4) is 0 Å². The number of hydrogen-bond donors (Lipinski definition) is 2. The zero-order chi connectivity index (χ0) is 8.60. The van der Waals surface area contributed by atoms with E-state index in [1.807, 2.05) is 0 Å². The van der Waals surface area contributed by atoms with Gasteiger partial charge in [0.15, 0.2) is 0 Å². The molecule has 3 N–H and O–H groups in total. The highest BCUT2D eigenvalue weighted by molar-refractivity contribution is 5.12. The van der Waals surface area contributed by atoms with E-state index >= 15 is 0 Å². The number of nitrogens with one attached hydrogen (secondary N) is 1. The molecule has 0 aliphatic carbocycles. The van der Waals surface area contributed by atoms with Gasteiger partial charge in [0, 0.05) is 12.1 Å². The minimum absolute atomic E-state index is 0.502. The van der Waals surface area contributed by atoms with Gasteiger partial charge >= 0.3 is 0 Å². The summed E-state index contributed by atoms with van der Waals surface area (Å²) < 4.78 is 0. The first kappa shape index (κ1) is 8.03. The average Bonchev–Trinajstić information content (AvgIpc) is 2.03. The van der Waals surface area contributed by atoms with Gasteiger partial charge in [0.05, 0.1) is 6.07 Å². The Morgan fingerprint density at radius 3 is 2.42 bits per heavy atom. The van der Waals surface area contributed by atoms with Crippen LogP contribution in [0.5, 0.6) is 0 Å². The standard InChI is InChI=1S/C9H15N3/c10-6-9(11)4-7-2-1-3-8(5-9)12-7/h7-8,12H,1-5,11H2. The number of piperidine rings is 2. The van der Waals surface area contributed by atoms with Crippen LogP contribution in [0.2, 0.25) is 0 Å². The second-order valence-corrected chi connectivity index (χ2v) is 4.17. The Labute approximate surface area is 72.9 Å². The summed E-state index contributed by atoms with van der Waals surface area (Å²) in [4.78, 5) is 0. The molecule has 2 rings (SSSR count). The van der Waals surface area contributed by atoms with E-state index in [9.17, 15) is 0 Å². The zero-order valence-electron chi connectivity index (χ0n) is 7.21. The lowest BCUT2D eigenvalue weighted by Gasteiger charge is -2.42. The fourth-order valence-electron chi connectivity index (χ4n) is 2.49. The molecule has 3 nitrogen and oxygen atoms in total. The molecule has 66 valence electrons. The summed E-state index contributed by atoms with van der Waals surface area (Å²) in [7, 11) is 0. The normalized spacial score (nSPS) is 46.7. The molecule has 2 aliphatic heterocycles. The van der Waals surface area contributed by atoms with Gasteiger partial charge in [-0.3, -0.25) is 0 Å². The maximum atomic E-state index is 8.90. The second-order valence-electron chi connectivity index (χ2n) is 4.17. The van der Waals surface area contributed by atoms with Gasteiger partial charge in [0.2, 0.25) is 0 Å². The largest absolute Gasteiger partial charge is 0.313 e. The number of fused-ring (bicyclic) bond motifs is 2. The molecule has 3 heteroatoms. The van der Waals surface area contributed by atoms with Gasteiger partial charge in [-0.15, -0.1) is 0 Å². The Morgan fingerprint density at radius 1 is 1.33 bits per heavy atom. The number of rotatable bonds is 0. The fourth-order valence-corrected chi connectivity index (χ4v) is 2.49.